The van der Waals surface area contributed by atoms with Crippen molar-refractivity contribution in [3.63, 3.8) is 0 Å². The molecule has 4 heterocycles. The third-order valence-electron chi connectivity index (χ3n) is 7.00. The van der Waals surface area contributed by atoms with Gasteiger partial charge < -0.3 is 25.0 Å². The molecule has 0 radical (unpaired) electrons. The van der Waals surface area contributed by atoms with Gasteiger partial charge in [-0.1, -0.05) is 6.07 Å². The largest absolute Gasteiger partial charge is 0.426 e. The molecule has 3 aromatic rings. The first-order valence-electron chi connectivity index (χ1n) is 11.6. The Kier molecular flexibility index (Phi) is 5.85. The summed E-state index contributed by atoms with van der Waals surface area (Å²) in [5.41, 5.74) is 2.97. The van der Waals surface area contributed by atoms with E-state index in [4.69, 9.17) is 4.74 Å². The van der Waals surface area contributed by atoms with Crippen LogP contribution in [0.3, 0.4) is 0 Å². The van der Waals surface area contributed by atoms with E-state index >= 15 is 0 Å². The number of nitrogens with one attached hydrogen (secondary N) is 2. The van der Waals surface area contributed by atoms with Crippen molar-refractivity contribution in [3.8, 4) is 11.1 Å². The number of carbonyl (C=O) groups excluding carboxylic acids is 1. The lowest BCUT2D eigenvalue weighted by molar-refractivity contribution is -0.250. The molecule has 3 N–H and O–H groups in total. The number of morpholine rings is 1. The van der Waals surface area contributed by atoms with E-state index in [2.05, 4.69) is 21.4 Å². The number of nitrogens with zero attached hydrogens (tertiary/aromatic N) is 2. The predicted octanol–water partition coefficient (Wildman–Crippen LogP) is 3.40. The number of ether oxygens (including phenoxy) is 1. The number of hydrogen-bond acceptors (Lipinski definition) is 5. The van der Waals surface area contributed by atoms with Crippen LogP contribution in [0.1, 0.15) is 35.2 Å². The number of pyridine rings is 1. The van der Waals surface area contributed by atoms with E-state index in [9.17, 15) is 23.1 Å². The summed E-state index contributed by atoms with van der Waals surface area (Å²) in [4.78, 5) is 21.5. The van der Waals surface area contributed by atoms with Gasteiger partial charge in [-0.15, -0.1) is 0 Å². The van der Waals surface area contributed by atoms with E-state index in [1.165, 1.54) is 0 Å². The van der Waals surface area contributed by atoms with Crippen LogP contribution in [0.5, 0.6) is 0 Å². The summed E-state index contributed by atoms with van der Waals surface area (Å²) in [5, 5.41) is 14.4. The van der Waals surface area contributed by atoms with Crippen LogP contribution in [0.15, 0.2) is 30.6 Å². The Morgan fingerprint density at radius 2 is 2.06 bits per heavy atom. The second-order valence-electron chi connectivity index (χ2n) is 9.42. The molecule has 2 atom stereocenters. The zero-order chi connectivity index (χ0) is 25.0. The highest BCUT2D eigenvalue weighted by molar-refractivity contribution is 5.86. The average molecular weight is 489 g/mol. The van der Waals surface area contributed by atoms with Gasteiger partial charge in [-0.05, 0) is 60.2 Å². The minimum Gasteiger partial charge on any atom is -0.378 e. The van der Waals surface area contributed by atoms with Crippen LogP contribution in [0.2, 0.25) is 0 Å². The number of carbonyl (C=O) groups is 1. The molecule has 0 aliphatic carbocycles. The molecule has 2 aromatic heterocycles. The predicted molar refractivity (Wildman–Crippen MR) is 124 cm³/mol. The molecule has 1 saturated heterocycles. The van der Waals surface area contributed by atoms with Crippen LogP contribution in [-0.2, 0) is 22.5 Å². The van der Waals surface area contributed by atoms with E-state index < -0.39 is 17.7 Å². The minimum absolute atomic E-state index is 0.0115. The van der Waals surface area contributed by atoms with Gasteiger partial charge >= 0.3 is 6.18 Å². The maximum atomic E-state index is 13.3. The molecule has 1 fully saturated rings. The summed E-state index contributed by atoms with van der Waals surface area (Å²) in [7, 11) is 0. The van der Waals surface area contributed by atoms with Crippen molar-refractivity contribution in [1.29, 1.82) is 0 Å². The smallest absolute Gasteiger partial charge is 0.378 e. The number of aromatic amines is 1. The van der Waals surface area contributed by atoms with Crippen molar-refractivity contribution in [1.82, 2.24) is 20.2 Å². The number of rotatable bonds is 3. The fourth-order valence-electron chi connectivity index (χ4n) is 4.84. The zero-order valence-electron chi connectivity index (χ0n) is 19.5. The molecule has 1 amide bonds. The van der Waals surface area contributed by atoms with Crippen molar-refractivity contribution in [3.05, 3.63) is 52.8 Å². The Labute approximate surface area is 200 Å². The number of aryl methyl sites for hydroxylation is 1. The quantitative estimate of drug-likeness (QED) is 0.526. The third kappa shape index (κ3) is 4.19. The van der Waals surface area contributed by atoms with Crippen LogP contribution >= 0.6 is 0 Å². The van der Waals surface area contributed by atoms with Crippen molar-refractivity contribution < 1.29 is 27.8 Å². The summed E-state index contributed by atoms with van der Waals surface area (Å²) in [5.74, 6) is -1.34. The second-order valence-corrected chi connectivity index (χ2v) is 9.42. The van der Waals surface area contributed by atoms with Gasteiger partial charge in [-0.3, -0.25) is 4.79 Å². The summed E-state index contributed by atoms with van der Waals surface area (Å²) in [6.45, 7) is 4.23. The van der Waals surface area contributed by atoms with Gasteiger partial charge in [0.25, 0.3) is 5.91 Å². The molecule has 1 aromatic carbocycles. The van der Waals surface area contributed by atoms with E-state index in [1.807, 2.05) is 25.3 Å². The Morgan fingerprint density at radius 1 is 1.26 bits per heavy atom. The number of aromatic nitrogens is 2. The molecule has 0 saturated carbocycles. The van der Waals surface area contributed by atoms with Gasteiger partial charge in [0.15, 0.2) is 0 Å². The fourth-order valence-corrected chi connectivity index (χ4v) is 4.84. The number of hydrogen-bond donors (Lipinski definition) is 3. The lowest BCUT2D eigenvalue weighted by Gasteiger charge is -2.37. The summed E-state index contributed by atoms with van der Waals surface area (Å²) in [6.07, 6.45) is -0.974. The van der Waals surface area contributed by atoms with Crippen molar-refractivity contribution in [2.45, 2.75) is 44.6 Å². The normalized spacial score (nSPS) is 20.5. The van der Waals surface area contributed by atoms with Gasteiger partial charge in [0, 0.05) is 43.0 Å². The third-order valence-corrected chi connectivity index (χ3v) is 7.00. The van der Waals surface area contributed by atoms with Crippen molar-refractivity contribution in [2.24, 2.45) is 0 Å². The van der Waals surface area contributed by atoms with E-state index in [0.29, 0.717) is 33.1 Å². The van der Waals surface area contributed by atoms with E-state index in [-0.39, 0.29) is 19.1 Å². The highest BCUT2D eigenvalue weighted by Crippen LogP contribution is 2.37. The van der Waals surface area contributed by atoms with E-state index in [0.717, 1.165) is 49.3 Å². The standard InChI is InChI=1S/C25H27F3N4O3/c1-14-10-30-22-18(14)9-17(11-31-22)16-7-15-3-5-32(23(33)24(2,34)25(26,27)28)12-20(15)19(8-16)21-13-35-6-4-29-21/h7-11,21,29,34H,3-6,12-13H2,1-2H3,(H,30,31)/t21-,24+/m1/s1. The molecule has 2 aliphatic heterocycles. The Bertz CT molecular complexity index is 1280. The maximum Gasteiger partial charge on any atom is 0.426 e. The van der Waals surface area contributed by atoms with Crippen LogP contribution < -0.4 is 5.32 Å². The van der Waals surface area contributed by atoms with Crippen LogP contribution in [0.4, 0.5) is 13.2 Å². The van der Waals surface area contributed by atoms with E-state index in [1.54, 1.807) is 6.20 Å². The van der Waals surface area contributed by atoms with Crippen LogP contribution in [0.25, 0.3) is 22.2 Å². The van der Waals surface area contributed by atoms with Gasteiger partial charge in [-0.25, -0.2) is 4.98 Å². The summed E-state index contributed by atoms with van der Waals surface area (Å²) >= 11 is 0. The number of benzene rings is 1. The molecule has 7 nitrogen and oxygen atoms in total. The van der Waals surface area contributed by atoms with Crippen molar-refractivity contribution >= 4 is 16.9 Å². The molecule has 0 spiro atoms. The monoisotopic (exact) mass is 488 g/mol. The van der Waals surface area contributed by atoms with Crippen LogP contribution in [0, 0.1) is 6.92 Å². The first-order chi connectivity index (χ1) is 16.6. The Morgan fingerprint density at radius 3 is 2.77 bits per heavy atom. The molecular formula is C25H27F3N4O3. The summed E-state index contributed by atoms with van der Waals surface area (Å²) < 4.78 is 45.6. The topological polar surface area (TPSA) is 90.5 Å². The number of halogens is 3. The number of H-pyrrole nitrogens is 1. The van der Waals surface area contributed by atoms with Crippen LogP contribution in [-0.4, -0.2) is 64.0 Å². The lowest BCUT2D eigenvalue weighted by Crippen LogP contribution is -2.56. The molecule has 2 aliphatic rings. The SMILES string of the molecule is Cc1c[nH]c2ncc(-c3cc4c(c([C@H]5COCCN5)c3)CN(C(=O)[C@](C)(O)C(F)(F)F)CC4)cc12. The summed E-state index contributed by atoms with van der Waals surface area (Å²) in [6, 6.07) is 5.94. The number of amides is 1. The Hall–Kier alpha value is -2.95. The van der Waals surface area contributed by atoms with Crippen molar-refractivity contribution in [2.75, 3.05) is 26.3 Å². The highest BCUT2D eigenvalue weighted by atomic mass is 19.4. The van der Waals surface area contributed by atoms with Gasteiger partial charge in [0.05, 0.1) is 19.3 Å². The first kappa shape index (κ1) is 23.8. The molecule has 186 valence electrons. The molecule has 0 unspecified atom stereocenters. The number of aliphatic hydroxyl groups is 1. The van der Waals surface area contributed by atoms with Gasteiger partial charge in [-0.2, -0.15) is 13.2 Å². The highest BCUT2D eigenvalue weighted by Gasteiger charge is 2.57. The molecular weight excluding hydrogens is 461 g/mol. The number of fused-ring (bicyclic) bond motifs is 2. The molecule has 5 rings (SSSR count). The van der Waals surface area contributed by atoms with Gasteiger partial charge in [0.2, 0.25) is 5.60 Å². The average Bonchev–Trinajstić information content (AvgIpc) is 3.22. The maximum absolute atomic E-state index is 13.3. The molecule has 10 heteroatoms. The zero-order valence-corrected chi connectivity index (χ0v) is 19.5. The lowest BCUT2D eigenvalue weighted by atomic mass is 9.87. The Balaban J connectivity index is 1.56. The minimum atomic E-state index is -5.06. The van der Waals surface area contributed by atoms with Gasteiger partial charge in [0.1, 0.15) is 5.65 Å². The number of alkyl halides is 3. The second kappa shape index (κ2) is 8.61. The molecule has 0 bridgehead atoms. The molecule has 35 heavy (non-hydrogen) atoms. The fraction of sp³-hybridized carbons (Fsp3) is 0.440. The first-order valence-corrected chi connectivity index (χ1v) is 11.6.